The largest absolute Gasteiger partial charge is 0.466 e. The van der Waals surface area contributed by atoms with Gasteiger partial charge in [0.05, 0.1) is 6.61 Å². The third-order valence-electron chi connectivity index (χ3n) is 2.22. The molecule has 0 aromatic carbocycles. The number of hydrogen-bond donors (Lipinski definition) is 0. The fourth-order valence-electron chi connectivity index (χ4n) is 1.41. The minimum atomic E-state index is -0.0961. The Balaban J connectivity index is 3.11. The van der Waals surface area contributed by atoms with Crippen LogP contribution >= 0.6 is 0 Å². The van der Waals surface area contributed by atoms with E-state index < -0.39 is 0 Å². The molecule has 0 aliphatic heterocycles. The van der Waals surface area contributed by atoms with Crippen molar-refractivity contribution in [3.05, 3.63) is 0 Å². The molecule has 0 heterocycles. The zero-order chi connectivity index (χ0) is 11.5. The van der Waals surface area contributed by atoms with E-state index in [1.54, 1.807) is 6.92 Å². The lowest BCUT2D eigenvalue weighted by Gasteiger charge is -2.01. The van der Waals surface area contributed by atoms with Crippen molar-refractivity contribution < 1.29 is 14.3 Å². The normalized spacial score (nSPS) is 10.0. The SMILES string of the molecule is CCOC(=O)CCCCCCCC(C)=O. The smallest absolute Gasteiger partial charge is 0.305 e. The van der Waals surface area contributed by atoms with Crippen LogP contribution in [-0.2, 0) is 14.3 Å². The van der Waals surface area contributed by atoms with Gasteiger partial charge in [0.15, 0.2) is 0 Å². The fraction of sp³-hybridized carbons (Fsp3) is 0.833. The highest BCUT2D eigenvalue weighted by atomic mass is 16.5. The van der Waals surface area contributed by atoms with Crippen molar-refractivity contribution in [1.29, 1.82) is 0 Å². The molecule has 0 bridgehead atoms. The first-order valence-corrected chi connectivity index (χ1v) is 5.82. The van der Waals surface area contributed by atoms with Crippen LogP contribution in [0.5, 0.6) is 0 Å². The van der Waals surface area contributed by atoms with E-state index >= 15 is 0 Å². The summed E-state index contributed by atoms with van der Waals surface area (Å²) < 4.78 is 4.82. The van der Waals surface area contributed by atoms with E-state index in [9.17, 15) is 9.59 Å². The molecule has 3 heteroatoms. The van der Waals surface area contributed by atoms with Gasteiger partial charge in [0, 0.05) is 12.8 Å². The number of Topliss-reactive ketones (excluding diaryl/α,β-unsaturated/α-hetero) is 1. The van der Waals surface area contributed by atoms with Crippen LogP contribution < -0.4 is 0 Å². The molecule has 0 radical (unpaired) electrons. The van der Waals surface area contributed by atoms with E-state index in [1.807, 2.05) is 6.92 Å². The number of hydrogen-bond acceptors (Lipinski definition) is 3. The van der Waals surface area contributed by atoms with Gasteiger partial charge in [-0.3, -0.25) is 4.79 Å². The second-order valence-electron chi connectivity index (χ2n) is 3.77. The van der Waals surface area contributed by atoms with Crippen molar-refractivity contribution in [2.45, 2.75) is 58.8 Å². The number of ketones is 1. The zero-order valence-corrected chi connectivity index (χ0v) is 9.88. The quantitative estimate of drug-likeness (QED) is 0.438. The maximum absolute atomic E-state index is 11.0. The van der Waals surface area contributed by atoms with Crippen LogP contribution in [0.3, 0.4) is 0 Å². The lowest BCUT2D eigenvalue weighted by molar-refractivity contribution is -0.143. The van der Waals surface area contributed by atoms with Crippen LogP contribution in [0.15, 0.2) is 0 Å². The zero-order valence-electron chi connectivity index (χ0n) is 9.88. The Kier molecular flexibility index (Phi) is 9.13. The Hall–Kier alpha value is -0.860. The maximum atomic E-state index is 11.0. The van der Waals surface area contributed by atoms with Gasteiger partial charge in [-0.2, -0.15) is 0 Å². The topological polar surface area (TPSA) is 43.4 Å². The van der Waals surface area contributed by atoms with Gasteiger partial charge in [0.2, 0.25) is 0 Å². The fourth-order valence-corrected chi connectivity index (χ4v) is 1.41. The Morgan fingerprint density at radius 1 is 0.933 bits per heavy atom. The van der Waals surface area contributed by atoms with Crippen molar-refractivity contribution in [2.75, 3.05) is 6.61 Å². The molecular formula is C12H22O3. The van der Waals surface area contributed by atoms with E-state index in [0.29, 0.717) is 19.4 Å². The van der Waals surface area contributed by atoms with Crippen molar-refractivity contribution >= 4 is 11.8 Å². The molecule has 0 saturated heterocycles. The summed E-state index contributed by atoms with van der Waals surface area (Å²) >= 11 is 0. The molecule has 0 unspecified atom stereocenters. The molecule has 0 saturated carbocycles. The molecule has 0 aromatic heterocycles. The monoisotopic (exact) mass is 214 g/mol. The molecule has 0 aromatic rings. The summed E-state index contributed by atoms with van der Waals surface area (Å²) in [5, 5.41) is 0. The van der Waals surface area contributed by atoms with Crippen molar-refractivity contribution in [2.24, 2.45) is 0 Å². The first-order valence-electron chi connectivity index (χ1n) is 5.82. The summed E-state index contributed by atoms with van der Waals surface area (Å²) in [5.74, 6) is 0.169. The van der Waals surface area contributed by atoms with Crippen molar-refractivity contribution in [1.82, 2.24) is 0 Å². The predicted octanol–water partition coefficient (Wildman–Crippen LogP) is 2.87. The standard InChI is InChI=1S/C12H22O3/c1-3-15-12(14)10-8-6-4-5-7-9-11(2)13/h3-10H2,1-2H3. The van der Waals surface area contributed by atoms with Crippen LogP contribution in [0.2, 0.25) is 0 Å². The van der Waals surface area contributed by atoms with E-state index in [0.717, 1.165) is 32.1 Å². The Labute approximate surface area is 92.2 Å². The Morgan fingerprint density at radius 3 is 2.00 bits per heavy atom. The molecule has 0 rings (SSSR count). The number of rotatable bonds is 9. The molecule has 0 aliphatic rings. The van der Waals surface area contributed by atoms with Crippen LogP contribution in [-0.4, -0.2) is 18.4 Å². The molecule has 3 nitrogen and oxygen atoms in total. The van der Waals surface area contributed by atoms with E-state index in [-0.39, 0.29) is 11.8 Å². The van der Waals surface area contributed by atoms with Crippen LogP contribution in [0.1, 0.15) is 58.8 Å². The van der Waals surface area contributed by atoms with Gasteiger partial charge in [-0.25, -0.2) is 0 Å². The summed E-state index contributed by atoms with van der Waals surface area (Å²) in [4.78, 5) is 21.6. The average molecular weight is 214 g/mol. The van der Waals surface area contributed by atoms with E-state index in [4.69, 9.17) is 4.74 Å². The molecular weight excluding hydrogens is 192 g/mol. The third kappa shape index (κ3) is 11.1. The molecule has 0 fully saturated rings. The van der Waals surface area contributed by atoms with Gasteiger partial charge in [-0.15, -0.1) is 0 Å². The summed E-state index contributed by atoms with van der Waals surface area (Å²) in [7, 11) is 0. The van der Waals surface area contributed by atoms with Crippen LogP contribution in [0.4, 0.5) is 0 Å². The summed E-state index contributed by atoms with van der Waals surface area (Å²) in [6.07, 6.45) is 6.35. The second-order valence-corrected chi connectivity index (χ2v) is 3.77. The highest BCUT2D eigenvalue weighted by molar-refractivity contribution is 5.75. The van der Waals surface area contributed by atoms with Gasteiger partial charge in [0.25, 0.3) is 0 Å². The number of carbonyl (C=O) groups excluding carboxylic acids is 2. The predicted molar refractivity (Wildman–Crippen MR) is 59.6 cm³/mol. The highest BCUT2D eigenvalue weighted by Crippen LogP contribution is 2.07. The minimum absolute atomic E-state index is 0.0961. The minimum Gasteiger partial charge on any atom is -0.466 e. The number of esters is 1. The van der Waals surface area contributed by atoms with Gasteiger partial charge in [-0.1, -0.05) is 19.3 Å². The molecule has 0 amide bonds. The molecule has 0 N–H and O–H groups in total. The maximum Gasteiger partial charge on any atom is 0.305 e. The van der Waals surface area contributed by atoms with Gasteiger partial charge in [0.1, 0.15) is 5.78 Å². The van der Waals surface area contributed by atoms with Gasteiger partial charge >= 0.3 is 5.97 Å². The molecule has 15 heavy (non-hydrogen) atoms. The first kappa shape index (κ1) is 14.1. The molecule has 88 valence electrons. The summed E-state index contributed by atoms with van der Waals surface area (Å²) in [5.41, 5.74) is 0. The molecule has 0 aliphatic carbocycles. The number of unbranched alkanes of at least 4 members (excludes halogenated alkanes) is 4. The van der Waals surface area contributed by atoms with Crippen LogP contribution in [0, 0.1) is 0 Å². The van der Waals surface area contributed by atoms with Crippen molar-refractivity contribution in [3.63, 3.8) is 0 Å². The second kappa shape index (κ2) is 9.69. The summed E-state index contributed by atoms with van der Waals surface area (Å²) in [6, 6.07) is 0. The highest BCUT2D eigenvalue weighted by Gasteiger charge is 2.00. The summed E-state index contributed by atoms with van der Waals surface area (Å²) in [6.45, 7) is 3.91. The first-order chi connectivity index (χ1) is 7.16. The molecule has 0 spiro atoms. The van der Waals surface area contributed by atoms with E-state index in [1.165, 1.54) is 0 Å². The van der Waals surface area contributed by atoms with Crippen molar-refractivity contribution in [3.8, 4) is 0 Å². The molecule has 0 atom stereocenters. The number of ether oxygens (including phenoxy) is 1. The average Bonchev–Trinajstić information content (AvgIpc) is 2.16. The Morgan fingerprint density at radius 2 is 1.47 bits per heavy atom. The number of carbonyl (C=O) groups is 2. The van der Waals surface area contributed by atoms with Crippen LogP contribution in [0.25, 0.3) is 0 Å². The Bertz CT molecular complexity index is 187. The third-order valence-corrected chi connectivity index (χ3v) is 2.22. The lowest BCUT2D eigenvalue weighted by atomic mass is 10.1. The van der Waals surface area contributed by atoms with Gasteiger partial charge < -0.3 is 9.53 Å². The van der Waals surface area contributed by atoms with E-state index in [2.05, 4.69) is 0 Å². The lowest BCUT2D eigenvalue weighted by Crippen LogP contribution is -2.03. The van der Waals surface area contributed by atoms with Gasteiger partial charge in [-0.05, 0) is 26.7 Å².